The monoisotopic (exact) mass is 732 g/mol. The summed E-state index contributed by atoms with van der Waals surface area (Å²) in [6, 6.07) is 13.3. The molecule has 180 valence electrons. The summed E-state index contributed by atoms with van der Waals surface area (Å²) >= 11 is 29.3. The first-order valence-electron chi connectivity index (χ1n) is 10.0. The molecule has 0 unspecified atom stereocenters. The van der Waals surface area contributed by atoms with E-state index in [1.54, 1.807) is 48.5 Å². The summed E-state index contributed by atoms with van der Waals surface area (Å²) in [7, 11) is 0. The standard InChI is InChI=1S/C12H5BrCl2N2O.C12H5Cl2IN2O/c13-5-1-2-10(18)12-11(5)16-8-3-6(14)7(15)4-9(8)17-12;13-5-3-8-9(4-6(5)14)17-12-10(18)2-1-7(15)11(12)16-8/h2*1-4,18H. The molecule has 2 N–H and O–H groups in total. The van der Waals surface area contributed by atoms with Crippen LogP contribution in [0.5, 0.6) is 11.5 Å². The van der Waals surface area contributed by atoms with Crippen molar-refractivity contribution in [3.63, 3.8) is 0 Å². The van der Waals surface area contributed by atoms with E-state index < -0.39 is 0 Å². The van der Waals surface area contributed by atoms with Crippen molar-refractivity contribution in [2.75, 3.05) is 0 Å². The second kappa shape index (κ2) is 10.1. The Bertz CT molecular complexity index is 1590. The van der Waals surface area contributed by atoms with Gasteiger partial charge in [-0.05, 0) is 87.1 Å². The number of benzene rings is 4. The molecular formula is C24H10BrCl4IN4O2. The molecule has 0 atom stereocenters. The maximum Gasteiger partial charge on any atom is 0.143 e. The second-order valence-electron chi connectivity index (χ2n) is 7.48. The van der Waals surface area contributed by atoms with Crippen LogP contribution in [0, 0.1) is 3.57 Å². The summed E-state index contributed by atoms with van der Waals surface area (Å²) in [5.41, 5.74) is 4.61. The third-order valence-electron chi connectivity index (χ3n) is 5.13. The van der Waals surface area contributed by atoms with E-state index in [1.807, 2.05) is 0 Å². The van der Waals surface area contributed by atoms with Gasteiger partial charge < -0.3 is 10.2 Å². The van der Waals surface area contributed by atoms with Crippen LogP contribution in [0.2, 0.25) is 20.1 Å². The Hall–Kier alpha value is -1.95. The number of phenolic OH excluding ortho intramolecular Hbond substituents is 2. The van der Waals surface area contributed by atoms with Crippen LogP contribution in [0.15, 0.2) is 53.0 Å². The van der Waals surface area contributed by atoms with Gasteiger partial charge in [0.15, 0.2) is 0 Å². The molecule has 0 aliphatic heterocycles. The minimum Gasteiger partial charge on any atom is -0.506 e. The summed E-state index contributed by atoms with van der Waals surface area (Å²) in [6.45, 7) is 0. The summed E-state index contributed by atoms with van der Waals surface area (Å²) in [6.07, 6.45) is 0. The average molecular weight is 735 g/mol. The Morgan fingerprint density at radius 3 is 1.39 bits per heavy atom. The molecule has 12 heteroatoms. The molecule has 0 radical (unpaired) electrons. The van der Waals surface area contributed by atoms with Crippen molar-refractivity contribution in [1.29, 1.82) is 0 Å². The normalized spacial score (nSPS) is 11.3. The van der Waals surface area contributed by atoms with Crippen molar-refractivity contribution in [1.82, 2.24) is 19.9 Å². The maximum atomic E-state index is 9.81. The molecule has 0 fully saturated rings. The number of aromatic nitrogens is 4. The zero-order chi connectivity index (χ0) is 25.7. The molecule has 6 nitrogen and oxygen atoms in total. The molecule has 0 spiro atoms. The highest BCUT2D eigenvalue weighted by Gasteiger charge is 2.12. The van der Waals surface area contributed by atoms with Gasteiger partial charge in [0.2, 0.25) is 0 Å². The molecule has 0 aliphatic rings. The first kappa shape index (κ1) is 25.7. The number of fused-ring (bicyclic) bond motifs is 4. The summed E-state index contributed by atoms with van der Waals surface area (Å²) in [4.78, 5) is 17.6. The topological polar surface area (TPSA) is 92.0 Å². The van der Waals surface area contributed by atoms with Crippen LogP contribution in [0.1, 0.15) is 0 Å². The van der Waals surface area contributed by atoms with Gasteiger partial charge in [-0.1, -0.05) is 46.4 Å². The summed E-state index contributed by atoms with van der Waals surface area (Å²) < 4.78 is 1.68. The highest BCUT2D eigenvalue weighted by molar-refractivity contribution is 14.1. The average Bonchev–Trinajstić information content (AvgIpc) is 2.84. The van der Waals surface area contributed by atoms with Crippen LogP contribution in [0.25, 0.3) is 44.1 Å². The molecule has 4 aromatic carbocycles. The van der Waals surface area contributed by atoms with E-state index in [-0.39, 0.29) is 11.5 Å². The van der Waals surface area contributed by atoms with E-state index in [1.165, 1.54) is 0 Å². The van der Waals surface area contributed by atoms with Gasteiger partial charge in [-0.3, -0.25) is 0 Å². The molecule has 0 saturated heterocycles. The van der Waals surface area contributed by atoms with Crippen LogP contribution in [-0.2, 0) is 0 Å². The van der Waals surface area contributed by atoms with Crippen molar-refractivity contribution >= 4 is 129 Å². The fourth-order valence-electron chi connectivity index (χ4n) is 3.41. The molecule has 0 saturated carbocycles. The van der Waals surface area contributed by atoms with Gasteiger partial charge in [-0.15, -0.1) is 0 Å². The van der Waals surface area contributed by atoms with Crippen molar-refractivity contribution in [2.24, 2.45) is 0 Å². The molecule has 0 aliphatic carbocycles. The Balaban J connectivity index is 0.000000148. The Morgan fingerprint density at radius 2 is 0.917 bits per heavy atom. The lowest BCUT2D eigenvalue weighted by Crippen LogP contribution is -1.90. The maximum absolute atomic E-state index is 9.81. The Kier molecular flexibility index (Phi) is 7.19. The third kappa shape index (κ3) is 4.82. The van der Waals surface area contributed by atoms with Crippen LogP contribution in [0.4, 0.5) is 0 Å². The predicted molar refractivity (Wildman–Crippen MR) is 158 cm³/mol. The van der Waals surface area contributed by atoms with Gasteiger partial charge in [0.25, 0.3) is 0 Å². The van der Waals surface area contributed by atoms with Crippen LogP contribution >= 0.6 is 84.9 Å². The second-order valence-corrected chi connectivity index (χ2v) is 11.1. The van der Waals surface area contributed by atoms with E-state index in [0.717, 1.165) is 8.04 Å². The first-order chi connectivity index (χ1) is 17.1. The van der Waals surface area contributed by atoms with Gasteiger partial charge in [0.1, 0.15) is 33.6 Å². The minimum absolute atomic E-state index is 0.0775. The SMILES string of the molecule is Oc1ccc(Br)c2nc3cc(Cl)c(Cl)cc3nc12.Oc1ccc(I)c2nc3cc(Cl)c(Cl)cc3nc12. The van der Waals surface area contributed by atoms with Crippen LogP contribution in [-0.4, -0.2) is 30.1 Å². The number of aromatic hydroxyl groups is 2. The van der Waals surface area contributed by atoms with Crippen molar-refractivity contribution in [2.45, 2.75) is 0 Å². The number of hydrogen-bond acceptors (Lipinski definition) is 6. The highest BCUT2D eigenvalue weighted by Crippen LogP contribution is 2.33. The molecule has 0 bridgehead atoms. The van der Waals surface area contributed by atoms with E-state index in [0.29, 0.717) is 64.2 Å². The van der Waals surface area contributed by atoms with Crippen molar-refractivity contribution < 1.29 is 10.2 Å². The molecule has 2 heterocycles. The summed E-state index contributed by atoms with van der Waals surface area (Å²) in [5, 5.41) is 21.3. The fraction of sp³-hybridized carbons (Fsp3) is 0. The molecular weight excluding hydrogens is 725 g/mol. The van der Waals surface area contributed by atoms with E-state index in [4.69, 9.17) is 46.4 Å². The van der Waals surface area contributed by atoms with E-state index in [9.17, 15) is 10.2 Å². The number of nitrogens with zero attached hydrogens (tertiary/aromatic N) is 4. The zero-order valence-electron chi connectivity index (χ0n) is 17.6. The summed E-state index contributed by atoms with van der Waals surface area (Å²) in [5.74, 6) is 0.180. The lowest BCUT2D eigenvalue weighted by molar-refractivity contribution is 0.480. The molecule has 0 amide bonds. The fourth-order valence-corrected chi connectivity index (χ4v) is 5.01. The number of hydrogen-bond donors (Lipinski definition) is 2. The van der Waals surface area contributed by atoms with E-state index in [2.05, 4.69) is 58.5 Å². The van der Waals surface area contributed by atoms with Gasteiger partial charge in [-0.25, -0.2) is 19.9 Å². The molecule has 36 heavy (non-hydrogen) atoms. The Labute approximate surface area is 245 Å². The van der Waals surface area contributed by atoms with Gasteiger partial charge in [0, 0.05) is 8.04 Å². The highest BCUT2D eigenvalue weighted by atomic mass is 127. The lowest BCUT2D eigenvalue weighted by Gasteiger charge is -2.05. The number of rotatable bonds is 0. The van der Waals surface area contributed by atoms with Crippen molar-refractivity contribution in [3.8, 4) is 11.5 Å². The minimum atomic E-state index is 0.0775. The van der Waals surface area contributed by atoms with Crippen LogP contribution in [0.3, 0.4) is 0 Å². The zero-order valence-corrected chi connectivity index (χ0v) is 24.3. The molecule has 2 aromatic heterocycles. The largest absolute Gasteiger partial charge is 0.506 e. The predicted octanol–water partition coefficient (Wildman–Crippen LogP) is 8.96. The van der Waals surface area contributed by atoms with Gasteiger partial charge >= 0.3 is 0 Å². The first-order valence-corrected chi connectivity index (χ1v) is 13.4. The van der Waals surface area contributed by atoms with E-state index >= 15 is 0 Å². The Morgan fingerprint density at radius 1 is 0.556 bits per heavy atom. The lowest BCUT2D eigenvalue weighted by atomic mass is 10.2. The third-order valence-corrected chi connectivity index (χ3v) is 8.08. The molecule has 6 rings (SSSR count). The number of halogens is 6. The molecule has 6 aromatic rings. The number of phenols is 2. The van der Waals surface area contributed by atoms with Gasteiger partial charge in [0.05, 0.1) is 42.2 Å². The smallest absolute Gasteiger partial charge is 0.143 e. The quantitative estimate of drug-likeness (QED) is 0.120. The van der Waals surface area contributed by atoms with Gasteiger partial charge in [-0.2, -0.15) is 0 Å². The van der Waals surface area contributed by atoms with Crippen LogP contribution < -0.4 is 0 Å². The van der Waals surface area contributed by atoms with Crippen molar-refractivity contribution in [3.05, 3.63) is 76.7 Å².